The van der Waals surface area contributed by atoms with Gasteiger partial charge in [-0.2, -0.15) is 0 Å². The van der Waals surface area contributed by atoms with Gasteiger partial charge in [0.1, 0.15) is 0 Å². The van der Waals surface area contributed by atoms with Crippen LogP contribution >= 0.6 is 0 Å². The minimum absolute atomic E-state index is 0. The third kappa shape index (κ3) is 50.6. The van der Waals surface area contributed by atoms with E-state index in [0.717, 1.165) is 0 Å². The van der Waals surface area contributed by atoms with Gasteiger partial charge in [0.25, 0.3) is 0 Å². The van der Waals surface area contributed by atoms with Crippen molar-refractivity contribution in [2.45, 2.75) is 0 Å². The normalized spacial score (nSPS) is 1.88. The maximum absolute atomic E-state index is 8.38. The van der Waals surface area contributed by atoms with E-state index in [1.807, 2.05) is 0 Å². The van der Waals surface area contributed by atoms with Crippen LogP contribution in [-0.4, -0.2) is 0 Å². The molecule has 0 aromatic heterocycles. The second-order valence-electron chi connectivity index (χ2n) is 0. The predicted octanol–water partition coefficient (Wildman–Crippen LogP) is -0.369. The van der Waals surface area contributed by atoms with Crippen molar-refractivity contribution in [2.75, 3.05) is 0 Å². The molecule has 0 aromatic rings. The monoisotopic (exact) mass is 470 g/mol. The van der Waals surface area contributed by atoms with Gasteiger partial charge in [0.05, 0.1) is 0 Å². The molecular weight excluding hydrogens is 474 g/mol. The first-order chi connectivity index (χ1) is 3.00. The van der Waals surface area contributed by atoms with Crippen molar-refractivity contribution in [1.29, 1.82) is 0 Å². The van der Waals surface area contributed by atoms with Crippen molar-refractivity contribution in [1.82, 2.24) is 0 Å². The van der Waals surface area contributed by atoms with Crippen molar-refractivity contribution in [3.8, 4) is 0 Å². The molecule has 34 valence electrons. The average molecular weight is 474 g/mol. The largest absolute Gasteiger partial charge is 0 e. The zero-order chi connectivity index (χ0) is 6.00. The molecule has 0 heterocycles. The first kappa shape index (κ1) is 29.6. The predicted molar refractivity (Wildman–Crippen MR) is 2.06 cm³/mol. The Kier molecular flexibility index (Phi) is 255. The Morgan fingerprint density at radius 2 is 1.12 bits per heavy atom. The van der Waals surface area contributed by atoms with E-state index in [0.29, 0.717) is 24.7 Å². The van der Waals surface area contributed by atoms with E-state index in [2.05, 4.69) is 0 Å². The zero-order valence-corrected chi connectivity index (χ0v) is 17.6. The first-order valence-corrected chi connectivity index (χ1v) is 4.10. The summed E-state index contributed by atoms with van der Waals surface area (Å²) in [6.07, 6.45) is 0. The topological polar surface area (TPSA) is 51.2 Å². The molecule has 0 aliphatic rings. The van der Waals surface area contributed by atoms with E-state index in [1.165, 1.54) is 0 Å². The van der Waals surface area contributed by atoms with E-state index in [-0.39, 0.29) is 108 Å². The van der Waals surface area contributed by atoms with Gasteiger partial charge in [0.15, 0.2) is 0 Å². The van der Waals surface area contributed by atoms with Gasteiger partial charge in [-0.15, -0.1) is 0 Å². The minimum Gasteiger partial charge on any atom is 0 e. The molecule has 0 N–H and O–H groups in total. The Bertz CT molecular complexity index is 20.0. The molecule has 0 spiro atoms. The van der Waals surface area contributed by atoms with Gasteiger partial charge in [-0.1, -0.05) is 0 Å². The quantitative estimate of drug-likeness (QED) is 0.451. The second-order valence-corrected chi connectivity index (χ2v) is 0. The van der Waals surface area contributed by atoms with Crippen LogP contribution < -0.4 is 0 Å². The second kappa shape index (κ2) is 68.8. The van der Waals surface area contributed by atoms with E-state index in [4.69, 9.17) is 8.43 Å². The van der Waals surface area contributed by atoms with Crippen LogP contribution in [0.2, 0.25) is 0 Å². The Balaban J connectivity index is -0.00000000500. The molecule has 0 saturated heterocycles. The zero-order valence-electron chi connectivity index (χ0n) is 4.09. The molecule has 0 unspecified atom stereocenters. The fourth-order valence-corrected chi connectivity index (χ4v) is 0. The van der Waals surface area contributed by atoms with Gasteiger partial charge >= 0.3 is 82.4 Å². The third-order valence-electron chi connectivity index (χ3n) is 0. The molecule has 0 aliphatic carbocycles. The number of hydrogen-bond donors (Lipinski definition) is 0. The molecule has 0 aliphatic heterocycles. The fraction of sp³-hybridized carbons (Fsp3) is 0. The number of rotatable bonds is 0. The Morgan fingerprint density at radius 1 is 1.12 bits per heavy atom. The van der Waals surface area contributed by atoms with Crippen LogP contribution in [-0.2, 0) is 141 Å². The van der Waals surface area contributed by atoms with E-state index in [1.54, 1.807) is 0 Å². The van der Waals surface area contributed by atoms with Crippen LogP contribution in [0.25, 0.3) is 0 Å². The molecule has 1 radical (unpaired) electrons. The molecule has 8 heteroatoms. The van der Waals surface area contributed by atoms with Gasteiger partial charge < -0.3 is 0 Å². The van der Waals surface area contributed by atoms with Gasteiger partial charge in [0, 0.05) is 58.9 Å². The Morgan fingerprint density at radius 3 is 1.12 bits per heavy atom. The molecule has 3 nitrogen and oxygen atoms in total. The van der Waals surface area contributed by atoms with Gasteiger partial charge in [-0.05, 0) is 0 Å². The van der Waals surface area contributed by atoms with Gasteiger partial charge in [0.2, 0.25) is 0 Å². The molecule has 0 fully saturated rings. The molecule has 0 atom stereocenters. The van der Waals surface area contributed by atoms with E-state index >= 15 is 0 Å². The fourth-order valence-electron chi connectivity index (χ4n) is 0. The van der Waals surface area contributed by atoms with Crippen LogP contribution in [0.3, 0.4) is 0 Å². The maximum Gasteiger partial charge on any atom is 0 e. The van der Waals surface area contributed by atoms with Crippen molar-refractivity contribution in [2.24, 2.45) is 0 Å². The van der Waals surface area contributed by atoms with Crippen molar-refractivity contribution < 1.29 is 141 Å². The van der Waals surface area contributed by atoms with Crippen LogP contribution in [0.4, 0.5) is 0 Å². The Hall–Kier alpha value is 4.00. The molecule has 0 bridgehead atoms. The van der Waals surface area contributed by atoms with Gasteiger partial charge in [-0.25, -0.2) is 0 Å². The molecule has 8 heavy (non-hydrogen) atoms. The van der Waals surface area contributed by atoms with E-state index < -0.39 is 0 Å². The summed E-state index contributed by atoms with van der Waals surface area (Å²) in [6, 6.07) is 0. The number of hydrogen-bond acceptors (Lipinski definition) is 3. The van der Waals surface area contributed by atoms with Crippen LogP contribution in [0.5, 0.6) is 0 Å². The maximum atomic E-state index is 8.38. The van der Waals surface area contributed by atoms with Crippen molar-refractivity contribution in [3.05, 3.63) is 0 Å². The standard InChI is InChI=1S/3O.2Y.Zn.2Zr. The SMILES string of the molecule is [O]=[Y].[O]=[Zn].[O]=[Zr].[Y].[Zr]. The summed E-state index contributed by atoms with van der Waals surface area (Å²) in [4.78, 5) is 0. The van der Waals surface area contributed by atoms with Crippen LogP contribution in [0.15, 0.2) is 0 Å². The summed E-state index contributed by atoms with van der Waals surface area (Å²) in [7, 11) is 0. The van der Waals surface area contributed by atoms with Crippen LogP contribution in [0.1, 0.15) is 0 Å². The first-order valence-electron chi connectivity index (χ1n) is 0.729. The summed E-state index contributed by atoms with van der Waals surface area (Å²) in [6.45, 7) is 0. The summed E-state index contributed by atoms with van der Waals surface area (Å²) in [5.74, 6) is 0. The molecule has 0 amide bonds. The van der Waals surface area contributed by atoms with Crippen LogP contribution in [0, 0.1) is 0 Å². The summed E-state index contributed by atoms with van der Waals surface area (Å²) >= 11 is 0.525. The van der Waals surface area contributed by atoms with E-state index in [9.17, 15) is 0 Å². The molecule has 0 aromatic carbocycles. The molecule has 0 rings (SSSR count). The average Bonchev–Trinajstić information content (AvgIpc) is 1.81. The minimum atomic E-state index is 0. The third-order valence-corrected chi connectivity index (χ3v) is 0. The Labute approximate surface area is 138 Å². The molecular formula is O3Y2ZnZr2. The molecule has 0 saturated carbocycles. The summed E-state index contributed by atoms with van der Waals surface area (Å²) in [5.41, 5.74) is 0. The van der Waals surface area contributed by atoms with Gasteiger partial charge in [-0.3, -0.25) is 0 Å². The smallest absolute Gasteiger partial charge is 0 e. The van der Waals surface area contributed by atoms with Crippen molar-refractivity contribution in [3.63, 3.8) is 0 Å². The summed E-state index contributed by atoms with van der Waals surface area (Å²) < 4.78 is 25.1. The summed E-state index contributed by atoms with van der Waals surface area (Å²) in [5, 5.41) is 0. The van der Waals surface area contributed by atoms with Crippen molar-refractivity contribution >= 4 is 0 Å².